The summed E-state index contributed by atoms with van der Waals surface area (Å²) in [5.41, 5.74) is 7.55. The number of aliphatic hydroxyl groups excluding tert-OH is 1. The summed E-state index contributed by atoms with van der Waals surface area (Å²) in [4.78, 5) is 0.265. The minimum absolute atomic E-state index is 0.00597. The van der Waals surface area contributed by atoms with Crippen LogP contribution in [0.25, 0.3) is 0 Å². The van der Waals surface area contributed by atoms with Crippen LogP contribution in [0, 0.1) is 19.8 Å². The minimum Gasteiger partial charge on any atom is -0.398 e. The van der Waals surface area contributed by atoms with E-state index >= 15 is 0 Å². The van der Waals surface area contributed by atoms with Gasteiger partial charge in [-0.05, 0) is 49.8 Å². The molecule has 6 heteroatoms. The Labute approximate surface area is 120 Å². The average molecular weight is 298 g/mol. The molecule has 1 aromatic carbocycles. The molecule has 1 aliphatic carbocycles. The molecule has 0 heterocycles. The van der Waals surface area contributed by atoms with E-state index in [-0.39, 0.29) is 23.5 Å². The lowest BCUT2D eigenvalue weighted by molar-refractivity contribution is 0.213. The van der Waals surface area contributed by atoms with E-state index in [1.165, 1.54) is 0 Å². The van der Waals surface area contributed by atoms with Crippen LogP contribution >= 0.6 is 0 Å². The predicted octanol–water partition coefficient (Wildman–Crippen LogP) is 1.32. The van der Waals surface area contributed by atoms with Crippen LogP contribution < -0.4 is 10.5 Å². The SMILES string of the molecule is Cc1ccc(N)c(C)c1S(=O)(=O)NC1CCCC1CO. The maximum absolute atomic E-state index is 12.6. The van der Waals surface area contributed by atoms with E-state index in [0.29, 0.717) is 16.8 Å². The Morgan fingerprint density at radius 2 is 2.05 bits per heavy atom. The molecule has 1 saturated carbocycles. The molecule has 5 nitrogen and oxygen atoms in total. The lowest BCUT2D eigenvalue weighted by atomic mass is 10.1. The van der Waals surface area contributed by atoms with Gasteiger partial charge in [-0.15, -0.1) is 0 Å². The summed E-state index contributed by atoms with van der Waals surface area (Å²) in [6.45, 7) is 3.50. The van der Waals surface area contributed by atoms with Gasteiger partial charge in [-0.25, -0.2) is 13.1 Å². The summed E-state index contributed by atoms with van der Waals surface area (Å²) in [6, 6.07) is 3.25. The van der Waals surface area contributed by atoms with Crippen molar-refractivity contribution in [1.29, 1.82) is 0 Å². The zero-order valence-corrected chi connectivity index (χ0v) is 12.7. The summed E-state index contributed by atoms with van der Waals surface area (Å²) >= 11 is 0. The van der Waals surface area contributed by atoms with E-state index in [9.17, 15) is 13.5 Å². The maximum Gasteiger partial charge on any atom is 0.241 e. The van der Waals surface area contributed by atoms with Crippen LogP contribution in [-0.2, 0) is 10.0 Å². The largest absolute Gasteiger partial charge is 0.398 e. The Morgan fingerprint density at radius 3 is 2.70 bits per heavy atom. The molecule has 1 fully saturated rings. The number of nitrogens with two attached hydrogens (primary N) is 1. The molecule has 20 heavy (non-hydrogen) atoms. The molecule has 1 aromatic rings. The second-order valence-corrected chi connectivity index (χ2v) is 7.18. The fourth-order valence-corrected chi connectivity index (χ4v) is 4.76. The zero-order valence-electron chi connectivity index (χ0n) is 11.9. The first-order valence-corrected chi connectivity index (χ1v) is 8.34. The fraction of sp³-hybridized carbons (Fsp3) is 0.571. The lowest BCUT2D eigenvalue weighted by Gasteiger charge is -2.21. The van der Waals surface area contributed by atoms with E-state index in [1.807, 2.05) is 0 Å². The molecule has 2 rings (SSSR count). The molecular formula is C14H22N2O3S. The van der Waals surface area contributed by atoms with Crippen molar-refractivity contribution in [3.63, 3.8) is 0 Å². The van der Waals surface area contributed by atoms with Gasteiger partial charge in [0, 0.05) is 18.3 Å². The van der Waals surface area contributed by atoms with Gasteiger partial charge >= 0.3 is 0 Å². The van der Waals surface area contributed by atoms with Crippen LogP contribution in [0.5, 0.6) is 0 Å². The van der Waals surface area contributed by atoms with E-state index in [1.54, 1.807) is 26.0 Å². The van der Waals surface area contributed by atoms with Gasteiger partial charge in [0.15, 0.2) is 0 Å². The number of nitrogen functional groups attached to an aromatic ring is 1. The fourth-order valence-electron chi connectivity index (χ4n) is 2.92. The summed E-state index contributed by atoms with van der Waals surface area (Å²) < 4.78 is 27.9. The van der Waals surface area contributed by atoms with Crippen LogP contribution in [0.1, 0.15) is 30.4 Å². The van der Waals surface area contributed by atoms with Crippen LogP contribution in [0.15, 0.2) is 17.0 Å². The Kier molecular flexibility index (Phi) is 4.36. The molecule has 0 aliphatic heterocycles. The predicted molar refractivity (Wildman–Crippen MR) is 78.9 cm³/mol. The van der Waals surface area contributed by atoms with Crippen molar-refractivity contribution in [2.24, 2.45) is 5.92 Å². The summed E-state index contributed by atoms with van der Waals surface area (Å²) in [7, 11) is -3.61. The van der Waals surface area contributed by atoms with Crippen molar-refractivity contribution < 1.29 is 13.5 Å². The number of hydrogen-bond acceptors (Lipinski definition) is 4. The van der Waals surface area contributed by atoms with Gasteiger partial charge in [-0.3, -0.25) is 0 Å². The van der Waals surface area contributed by atoms with Gasteiger partial charge in [0.2, 0.25) is 10.0 Å². The van der Waals surface area contributed by atoms with Crippen molar-refractivity contribution in [2.75, 3.05) is 12.3 Å². The monoisotopic (exact) mass is 298 g/mol. The van der Waals surface area contributed by atoms with Crippen molar-refractivity contribution in [3.8, 4) is 0 Å². The number of aliphatic hydroxyl groups is 1. The number of aryl methyl sites for hydroxylation is 1. The molecule has 0 amide bonds. The Morgan fingerprint density at radius 1 is 1.35 bits per heavy atom. The first-order chi connectivity index (χ1) is 9.36. The number of benzene rings is 1. The molecule has 2 unspecified atom stereocenters. The van der Waals surface area contributed by atoms with Gasteiger partial charge in [-0.1, -0.05) is 12.5 Å². The highest BCUT2D eigenvalue weighted by atomic mass is 32.2. The third kappa shape index (κ3) is 2.82. The van der Waals surface area contributed by atoms with Gasteiger partial charge in [0.05, 0.1) is 4.90 Å². The van der Waals surface area contributed by atoms with Crippen LogP contribution in [-0.4, -0.2) is 26.2 Å². The summed E-state index contributed by atoms with van der Waals surface area (Å²) in [5.74, 6) is 0.00597. The highest BCUT2D eigenvalue weighted by Gasteiger charge is 2.32. The molecule has 0 radical (unpaired) electrons. The standard InChI is InChI=1S/C14H22N2O3S/c1-9-6-7-12(15)10(2)14(9)20(18,19)16-13-5-3-4-11(13)8-17/h6-7,11,13,16-17H,3-5,8,15H2,1-2H3. The molecule has 2 atom stereocenters. The van der Waals surface area contributed by atoms with Crippen molar-refractivity contribution >= 4 is 15.7 Å². The Hall–Kier alpha value is -1.11. The van der Waals surface area contributed by atoms with Gasteiger partial charge in [-0.2, -0.15) is 0 Å². The van der Waals surface area contributed by atoms with Crippen LogP contribution in [0.3, 0.4) is 0 Å². The normalized spacial score (nSPS) is 23.1. The number of sulfonamides is 1. The van der Waals surface area contributed by atoms with Crippen molar-refractivity contribution in [2.45, 2.75) is 44.0 Å². The van der Waals surface area contributed by atoms with Gasteiger partial charge < -0.3 is 10.8 Å². The zero-order chi connectivity index (χ0) is 14.9. The Bertz CT molecular complexity index is 599. The number of hydrogen-bond donors (Lipinski definition) is 3. The van der Waals surface area contributed by atoms with Crippen molar-refractivity contribution in [1.82, 2.24) is 4.72 Å². The highest BCUT2D eigenvalue weighted by Crippen LogP contribution is 2.29. The lowest BCUT2D eigenvalue weighted by Crippen LogP contribution is -2.39. The molecule has 1 aliphatic rings. The quantitative estimate of drug-likeness (QED) is 0.731. The summed E-state index contributed by atoms with van der Waals surface area (Å²) in [6.07, 6.45) is 2.57. The highest BCUT2D eigenvalue weighted by molar-refractivity contribution is 7.89. The van der Waals surface area contributed by atoms with E-state index in [2.05, 4.69) is 4.72 Å². The third-order valence-electron chi connectivity index (χ3n) is 4.11. The number of anilines is 1. The van der Waals surface area contributed by atoms with Gasteiger partial charge in [0.25, 0.3) is 0 Å². The second kappa shape index (κ2) is 5.71. The number of rotatable bonds is 4. The average Bonchev–Trinajstić information content (AvgIpc) is 2.80. The minimum atomic E-state index is -3.61. The second-order valence-electron chi connectivity index (χ2n) is 5.53. The van der Waals surface area contributed by atoms with Crippen LogP contribution in [0.4, 0.5) is 5.69 Å². The van der Waals surface area contributed by atoms with Crippen LogP contribution in [0.2, 0.25) is 0 Å². The molecule has 112 valence electrons. The van der Waals surface area contributed by atoms with E-state index in [0.717, 1.165) is 19.3 Å². The molecule has 0 aromatic heterocycles. The van der Waals surface area contributed by atoms with E-state index in [4.69, 9.17) is 5.73 Å². The van der Waals surface area contributed by atoms with Crippen molar-refractivity contribution in [3.05, 3.63) is 23.3 Å². The smallest absolute Gasteiger partial charge is 0.241 e. The topological polar surface area (TPSA) is 92.4 Å². The summed E-state index contributed by atoms with van der Waals surface area (Å²) in [5, 5.41) is 9.30. The molecule has 0 spiro atoms. The Balaban J connectivity index is 2.34. The molecule has 0 saturated heterocycles. The van der Waals surface area contributed by atoms with Gasteiger partial charge in [0.1, 0.15) is 0 Å². The third-order valence-corrected chi connectivity index (χ3v) is 5.89. The molecule has 4 N–H and O–H groups in total. The number of nitrogens with one attached hydrogen (secondary N) is 1. The maximum atomic E-state index is 12.6. The first-order valence-electron chi connectivity index (χ1n) is 6.85. The first kappa shape index (κ1) is 15.3. The molecular weight excluding hydrogens is 276 g/mol. The van der Waals surface area contributed by atoms with E-state index < -0.39 is 10.0 Å². The molecule has 0 bridgehead atoms.